The Bertz CT molecular complexity index is 1110. The quantitative estimate of drug-likeness (QED) is 0.457. The molecule has 4 aromatic rings. The Morgan fingerprint density at radius 2 is 1.65 bits per heavy atom. The van der Waals surface area contributed by atoms with Gasteiger partial charge in [0.05, 0.1) is 12.6 Å². The fourth-order valence-electron chi connectivity index (χ4n) is 3.01. The number of hydrogen-bond donors (Lipinski definition) is 2. The van der Waals surface area contributed by atoms with Gasteiger partial charge in [0.2, 0.25) is 5.82 Å². The normalized spacial score (nSPS) is 11.6. The van der Waals surface area contributed by atoms with Gasteiger partial charge in [-0.15, -0.1) is 5.10 Å². The molecule has 0 unspecified atom stereocenters. The highest BCUT2D eigenvalue weighted by atomic mass is 16.5. The molecule has 2 N–H and O–H groups in total. The molecule has 7 heteroatoms. The van der Waals surface area contributed by atoms with E-state index in [1.54, 1.807) is 24.3 Å². The Morgan fingerprint density at radius 3 is 2.35 bits per heavy atom. The van der Waals surface area contributed by atoms with Gasteiger partial charge in [0.25, 0.3) is 5.91 Å². The zero-order valence-electron chi connectivity index (χ0n) is 16.8. The lowest BCUT2D eigenvalue weighted by atomic mass is 10.1. The Balaban J connectivity index is 1.31. The molecule has 1 heterocycles. The summed E-state index contributed by atoms with van der Waals surface area (Å²) in [4.78, 5) is 16.5. The van der Waals surface area contributed by atoms with Crippen molar-refractivity contribution in [3.63, 3.8) is 0 Å². The van der Waals surface area contributed by atoms with E-state index in [1.807, 2.05) is 60.7 Å². The van der Waals surface area contributed by atoms with Crippen molar-refractivity contribution in [2.75, 3.05) is 5.32 Å². The minimum atomic E-state index is -0.734. The van der Waals surface area contributed by atoms with E-state index in [4.69, 9.17) is 4.74 Å². The summed E-state index contributed by atoms with van der Waals surface area (Å²) in [5.74, 6) is 0.315. The molecule has 0 spiro atoms. The van der Waals surface area contributed by atoms with Crippen LogP contribution in [0.4, 0.5) is 5.69 Å². The number of ether oxygens (including phenoxy) is 1. The van der Waals surface area contributed by atoms with Crippen LogP contribution >= 0.6 is 0 Å². The zero-order valence-corrected chi connectivity index (χ0v) is 16.8. The Kier molecular flexibility index (Phi) is 6.35. The van der Waals surface area contributed by atoms with E-state index in [0.29, 0.717) is 18.0 Å². The average molecular weight is 414 g/mol. The number of rotatable bonds is 8. The Labute approximate surface area is 180 Å². The molecule has 31 heavy (non-hydrogen) atoms. The largest absolute Gasteiger partial charge is 0.489 e. The first-order valence-electron chi connectivity index (χ1n) is 9.88. The molecule has 0 aliphatic carbocycles. The molecule has 0 aliphatic rings. The first-order chi connectivity index (χ1) is 15.2. The van der Waals surface area contributed by atoms with Gasteiger partial charge < -0.3 is 15.2 Å². The van der Waals surface area contributed by atoms with E-state index < -0.39 is 12.0 Å². The maximum atomic E-state index is 12.4. The van der Waals surface area contributed by atoms with Crippen molar-refractivity contribution in [3.8, 4) is 5.75 Å². The van der Waals surface area contributed by atoms with Gasteiger partial charge in [-0.2, -0.15) is 0 Å². The number of aliphatic hydroxyl groups is 1. The number of anilines is 1. The van der Waals surface area contributed by atoms with Crippen LogP contribution in [-0.4, -0.2) is 25.8 Å². The molecule has 0 saturated heterocycles. The van der Waals surface area contributed by atoms with Crippen molar-refractivity contribution in [2.45, 2.75) is 19.3 Å². The standard InChI is InChI=1S/C24H22N4O3/c29-22(19-9-5-2-6-10-19)15-28-17-25-23(27-28)24(30)26-20-11-13-21(14-12-20)31-16-18-7-3-1-4-8-18/h1-14,17,22,29H,15-16H2,(H,26,30)/t22-/m0/s1. The van der Waals surface area contributed by atoms with Crippen molar-refractivity contribution < 1.29 is 14.6 Å². The summed E-state index contributed by atoms with van der Waals surface area (Å²) in [6.45, 7) is 0.681. The molecule has 0 bridgehead atoms. The number of benzene rings is 3. The van der Waals surface area contributed by atoms with Crippen LogP contribution < -0.4 is 10.1 Å². The van der Waals surface area contributed by atoms with Gasteiger partial charge in [-0.25, -0.2) is 9.67 Å². The summed E-state index contributed by atoms with van der Waals surface area (Å²) in [5.41, 5.74) is 2.47. The Hall–Kier alpha value is -3.97. The summed E-state index contributed by atoms with van der Waals surface area (Å²) in [6.07, 6.45) is 0.698. The third-order valence-corrected chi connectivity index (χ3v) is 4.64. The van der Waals surface area contributed by atoms with Gasteiger partial charge in [0, 0.05) is 5.69 Å². The molecule has 3 aromatic carbocycles. The van der Waals surface area contributed by atoms with Crippen LogP contribution in [0, 0.1) is 0 Å². The number of amides is 1. The highest BCUT2D eigenvalue weighted by Gasteiger charge is 2.14. The second-order valence-corrected chi connectivity index (χ2v) is 6.97. The molecular formula is C24H22N4O3. The summed E-state index contributed by atoms with van der Waals surface area (Å²) in [5, 5.41) is 17.2. The van der Waals surface area contributed by atoms with Crippen LogP contribution in [0.2, 0.25) is 0 Å². The Morgan fingerprint density at radius 1 is 0.968 bits per heavy atom. The SMILES string of the molecule is O=C(Nc1ccc(OCc2ccccc2)cc1)c1ncn(C[C@H](O)c2ccccc2)n1. The van der Waals surface area contributed by atoms with Gasteiger partial charge in [-0.1, -0.05) is 60.7 Å². The van der Waals surface area contributed by atoms with Crippen molar-refractivity contribution in [1.29, 1.82) is 0 Å². The van der Waals surface area contributed by atoms with E-state index >= 15 is 0 Å². The van der Waals surface area contributed by atoms with Crippen molar-refractivity contribution >= 4 is 11.6 Å². The van der Waals surface area contributed by atoms with Crippen molar-refractivity contribution in [3.05, 3.63) is 108 Å². The predicted octanol–water partition coefficient (Wildman–Crippen LogP) is 3.84. The summed E-state index contributed by atoms with van der Waals surface area (Å²) in [6, 6.07) is 26.3. The molecule has 156 valence electrons. The number of carbonyl (C=O) groups is 1. The molecule has 7 nitrogen and oxygen atoms in total. The number of aromatic nitrogens is 3. The topological polar surface area (TPSA) is 89.3 Å². The molecular weight excluding hydrogens is 392 g/mol. The van der Waals surface area contributed by atoms with E-state index in [2.05, 4.69) is 15.4 Å². The third kappa shape index (κ3) is 5.55. The summed E-state index contributed by atoms with van der Waals surface area (Å²) >= 11 is 0. The lowest BCUT2D eigenvalue weighted by molar-refractivity contribution is 0.101. The third-order valence-electron chi connectivity index (χ3n) is 4.64. The van der Waals surface area contributed by atoms with Crippen LogP contribution in [-0.2, 0) is 13.2 Å². The number of aliphatic hydroxyl groups excluding tert-OH is 1. The molecule has 1 amide bonds. The number of nitrogens with one attached hydrogen (secondary N) is 1. The fraction of sp³-hybridized carbons (Fsp3) is 0.125. The van der Waals surface area contributed by atoms with Crippen LogP contribution in [0.25, 0.3) is 0 Å². The van der Waals surface area contributed by atoms with Crippen LogP contribution in [0.15, 0.2) is 91.3 Å². The summed E-state index contributed by atoms with van der Waals surface area (Å²) in [7, 11) is 0. The minimum Gasteiger partial charge on any atom is -0.489 e. The van der Waals surface area contributed by atoms with E-state index in [9.17, 15) is 9.90 Å². The monoisotopic (exact) mass is 414 g/mol. The van der Waals surface area contributed by atoms with Crippen molar-refractivity contribution in [2.24, 2.45) is 0 Å². The highest BCUT2D eigenvalue weighted by molar-refractivity contribution is 6.01. The number of hydrogen-bond acceptors (Lipinski definition) is 5. The second-order valence-electron chi connectivity index (χ2n) is 6.97. The molecule has 1 atom stereocenters. The minimum absolute atomic E-state index is 0.0321. The van der Waals surface area contributed by atoms with Crippen LogP contribution in [0.5, 0.6) is 5.75 Å². The molecule has 0 fully saturated rings. The highest BCUT2D eigenvalue weighted by Crippen LogP contribution is 2.18. The van der Waals surface area contributed by atoms with Gasteiger partial charge in [0.15, 0.2) is 0 Å². The van der Waals surface area contributed by atoms with E-state index in [-0.39, 0.29) is 12.4 Å². The van der Waals surface area contributed by atoms with Gasteiger partial charge >= 0.3 is 0 Å². The smallest absolute Gasteiger partial charge is 0.295 e. The average Bonchev–Trinajstić information content (AvgIpc) is 3.28. The molecule has 1 aromatic heterocycles. The lowest BCUT2D eigenvalue weighted by Gasteiger charge is -2.10. The van der Waals surface area contributed by atoms with E-state index in [1.165, 1.54) is 11.0 Å². The molecule has 0 aliphatic heterocycles. The van der Waals surface area contributed by atoms with Crippen molar-refractivity contribution in [1.82, 2.24) is 14.8 Å². The van der Waals surface area contributed by atoms with Crippen LogP contribution in [0.3, 0.4) is 0 Å². The van der Waals surface area contributed by atoms with Crippen LogP contribution in [0.1, 0.15) is 27.8 Å². The molecule has 4 rings (SSSR count). The number of nitrogens with zero attached hydrogens (tertiary/aromatic N) is 3. The second kappa shape index (κ2) is 9.69. The van der Waals surface area contributed by atoms with Gasteiger partial charge in [0.1, 0.15) is 18.7 Å². The van der Waals surface area contributed by atoms with E-state index in [0.717, 1.165) is 11.1 Å². The fourth-order valence-corrected chi connectivity index (χ4v) is 3.01. The molecule has 0 saturated carbocycles. The first kappa shape index (κ1) is 20.3. The zero-order chi connectivity index (χ0) is 21.5. The first-order valence-corrected chi connectivity index (χ1v) is 9.88. The lowest BCUT2D eigenvalue weighted by Crippen LogP contribution is -2.15. The number of carbonyl (C=O) groups excluding carboxylic acids is 1. The predicted molar refractivity (Wildman–Crippen MR) is 117 cm³/mol. The summed E-state index contributed by atoms with van der Waals surface area (Å²) < 4.78 is 7.20. The maximum absolute atomic E-state index is 12.4. The van der Waals surface area contributed by atoms with Gasteiger partial charge in [-0.05, 0) is 35.4 Å². The maximum Gasteiger partial charge on any atom is 0.295 e. The molecule has 0 radical (unpaired) electrons. The van der Waals surface area contributed by atoms with Gasteiger partial charge in [-0.3, -0.25) is 4.79 Å².